The molecule has 96 valence electrons. The molecule has 0 aliphatic carbocycles. The monoisotopic (exact) mass is 339 g/mol. The zero-order valence-electron chi connectivity index (χ0n) is 9.49. The van der Waals surface area contributed by atoms with Gasteiger partial charge in [0.2, 0.25) is 0 Å². The van der Waals surface area contributed by atoms with E-state index in [2.05, 4.69) is 15.9 Å². The molecule has 0 bridgehead atoms. The third kappa shape index (κ3) is 4.95. The highest BCUT2D eigenvalue weighted by atomic mass is 79.9. The zero-order chi connectivity index (χ0) is 13.1. The van der Waals surface area contributed by atoms with Gasteiger partial charge in [0.1, 0.15) is 0 Å². The molecule has 0 heterocycles. The maximum absolute atomic E-state index is 11.9. The minimum atomic E-state index is -3.21. The Bertz CT molecular complexity index is 490. The number of nitrogens with two attached hydrogens (primary N) is 1. The van der Waals surface area contributed by atoms with E-state index in [-0.39, 0.29) is 17.5 Å². The molecule has 0 spiro atoms. The first kappa shape index (κ1) is 15.0. The Balaban J connectivity index is 2.83. The van der Waals surface area contributed by atoms with Crippen molar-refractivity contribution in [1.29, 1.82) is 0 Å². The maximum atomic E-state index is 11.9. The standard InChI is InChI=1S/C11H15BrClNO2S/c1-2-10(14)7-17(15,16)6-8-3-4-9(12)5-11(8)13/h3-5,10H,2,6-7,14H2,1H3. The molecule has 0 aromatic heterocycles. The van der Waals surface area contributed by atoms with Crippen LogP contribution in [0.15, 0.2) is 22.7 Å². The van der Waals surface area contributed by atoms with E-state index in [0.29, 0.717) is 17.0 Å². The molecule has 3 nitrogen and oxygen atoms in total. The van der Waals surface area contributed by atoms with Crippen molar-refractivity contribution >= 4 is 37.4 Å². The molecule has 1 aromatic rings. The van der Waals surface area contributed by atoms with Crippen LogP contribution in [0.4, 0.5) is 0 Å². The summed E-state index contributed by atoms with van der Waals surface area (Å²) >= 11 is 9.25. The van der Waals surface area contributed by atoms with Crippen molar-refractivity contribution in [2.24, 2.45) is 5.73 Å². The van der Waals surface area contributed by atoms with Crippen LogP contribution in [0.3, 0.4) is 0 Å². The lowest BCUT2D eigenvalue weighted by Gasteiger charge is -2.10. The van der Waals surface area contributed by atoms with Crippen LogP contribution in [0, 0.1) is 0 Å². The maximum Gasteiger partial charge on any atom is 0.156 e. The minimum absolute atomic E-state index is 0.00407. The molecule has 1 unspecified atom stereocenters. The first-order chi connectivity index (χ1) is 7.84. The second-order valence-electron chi connectivity index (χ2n) is 3.96. The van der Waals surface area contributed by atoms with Crippen LogP contribution >= 0.6 is 27.5 Å². The average Bonchev–Trinajstić information content (AvgIpc) is 2.21. The summed E-state index contributed by atoms with van der Waals surface area (Å²) in [4.78, 5) is 0. The van der Waals surface area contributed by atoms with Gasteiger partial charge in [-0.1, -0.05) is 40.5 Å². The summed E-state index contributed by atoms with van der Waals surface area (Å²) in [7, 11) is -3.21. The van der Waals surface area contributed by atoms with Gasteiger partial charge < -0.3 is 5.73 Å². The second kappa shape index (κ2) is 6.18. The molecule has 6 heteroatoms. The average molecular weight is 341 g/mol. The van der Waals surface area contributed by atoms with Crippen molar-refractivity contribution in [3.05, 3.63) is 33.3 Å². The summed E-state index contributed by atoms with van der Waals surface area (Å²) in [5.74, 6) is -0.0668. The van der Waals surface area contributed by atoms with Crippen molar-refractivity contribution in [2.75, 3.05) is 5.75 Å². The third-order valence-corrected chi connectivity index (χ3v) is 4.91. The van der Waals surface area contributed by atoms with Gasteiger partial charge in [-0.05, 0) is 24.1 Å². The fraction of sp³-hybridized carbons (Fsp3) is 0.455. The van der Waals surface area contributed by atoms with E-state index in [0.717, 1.165) is 4.47 Å². The van der Waals surface area contributed by atoms with Gasteiger partial charge in [0.15, 0.2) is 9.84 Å². The third-order valence-electron chi connectivity index (χ3n) is 2.38. The van der Waals surface area contributed by atoms with Crippen molar-refractivity contribution in [1.82, 2.24) is 0 Å². The predicted octanol–water partition coefficient (Wildman–Crippen LogP) is 2.75. The van der Waals surface area contributed by atoms with Crippen molar-refractivity contribution in [3.8, 4) is 0 Å². The first-order valence-electron chi connectivity index (χ1n) is 5.24. The molecular formula is C11H15BrClNO2S. The molecule has 0 aliphatic rings. The van der Waals surface area contributed by atoms with Gasteiger partial charge in [-0.2, -0.15) is 0 Å². The van der Waals surface area contributed by atoms with E-state index in [1.165, 1.54) is 0 Å². The summed E-state index contributed by atoms with van der Waals surface area (Å²) in [6.07, 6.45) is 0.646. The van der Waals surface area contributed by atoms with E-state index in [1.54, 1.807) is 18.2 Å². The van der Waals surface area contributed by atoms with Crippen LogP contribution in [0.25, 0.3) is 0 Å². The second-order valence-corrected chi connectivity index (χ2v) is 7.39. The van der Waals surface area contributed by atoms with Crippen molar-refractivity contribution < 1.29 is 8.42 Å². The SMILES string of the molecule is CCC(N)CS(=O)(=O)Cc1ccc(Br)cc1Cl. The summed E-state index contributed by atoms with van der Waals surface area (Å²) < 4.78 is 24.5. The molecule has 0 saturated carbocycles. The van der Waals surface area contributed by atoms with E-state index >= 15 is 0 Å². The number of benzene rings is 1. The van der Waals surface area contributed by atoms with E-state index in [4.69, 9.17) is 17.3 Å². The number of rotatable bonds is 5. The molecule has 1 atom stereocenters. The molecule has 0 aliphatic heterocycles. The van der Waals surface area contributed by atoms with Crippen LogP contribution in [0.1, 0.15) is 18.9 Å². The first-order valence-corrected chi connectivity index (χ1v) is 8.23. The fourth-order valence-corrected chi connectivity index (χ4v) is 3.93. The Kier molecular flexibility index (Phi) is 5.44. The van der Waals surface area contributed by atoms with Crippen LogP contribution in [0.2, 0.25) is 5.02 Å². The Morgan fingerprint density at radius 3 is 2.65 bits per heavy atom. The lowest BCUT2D eigenvalue weighted by Crippen LogP contribution is -2.29. The molecule has 0 saturated heterocycles. The topological polar surface area (TPSA) is 60.2 Å². The molecule has 0 fully saturated rings. The normalized spacial score (nSPS) is 13.6. The largest absolute Gasteiger partial charge is 0.327 e. The van der Waals surface area contributed by atoms with Crippen LogP contribution in [0.5, 0.6) is 0 Å². The Labute approximate surface area is 115 Å². The van der Waals surface area contributed by atoms with Crippen LogP contribution < -0.4 is 5.73 Å². The molecule has 0 amide bonds. The Morgan fingerprint density at radius 2 is 2.12 bits per heavy atom. The molecule has 1 aromatic carbocycles. The molecule has 17 heavy (non-hydrogen) atoms. The lowest BCUT2D eigenvalue weighted by atomic mass is 10.2. The molecule has 1 rings (SSSR count). The number of sulfone groups is 1. The van der Waals surface area contributed by atoms with Gasteiger partial charge in [0.25, 0.3) is 0 Å². The quantitative estimate of drug-likeness (QED) is 0.896. The van der Waals surface area contributed by atoms with Gasteiger partial charge in [-0.3, -0.25) is 0 Å². The van der Waals surface area contributed by atoms with E-state index in [9.17, 15) is 8.42 Å². The number of hydrogen-bond donors (Lipinski definition) is 1. The van der Waals surface area contributed by atoms with E-state index in [1.807, 2.05) is 6.92 Å². The Hall–Kier alpha value is -0.100. The Morgan fingerprint density at radius 1 is 1.47 bits per heavy atom. The zero-order valence-corrected chi connectivity index (χ0v) is 12.6. The fourth-order valence-electron chi connectivity index (χ4n) is 1.38. The highest BCUT2D eigenvalue weighted by Gasteiger charge is 2.17. The van der Waals surface area contributed by atoms with Gasteiger partial charge in [-0.15, -0.1) is 0 Å². The highest BCUT2D eigenvalue weighted by Crippen LogP contribution is 2.23. The number of halogens is 2. The minimum Gasteiger partial charge on any atom is -0.327 e. The molecular weight excluding hydrogens is 326 g/mol. The van der Waals surface area contributed by atoms with Crippen molar-refractivity contribution in [3.63, 3.8) is 0 Å². The lowest BCUT2D eigenvalue weighted by molar-refractivity contribution is 0.583. The highest BCUT2D eigenvalue weighted by molar-refractivity contribution is 9.10. The smallest absolute Gasteiger partial charge is 0.156 e. The van der Waals surface area contributed by atoms with Gasteiger partial charge in [0.05, 0.1) is 11.5 Å². The molecule has 2 N–H and O–H groups in total. The van der Waals surface area contributed by atoms with Gasteiger partial charge in [0, 0.05) is 15.5 Å². The molecule has 0 radical (unpaired) electrons. The van der Waals surface area contributed by atoms with E-state index < -0.39 is 9.84 Å². The van der Waals surface area contributed by atoms with Crippen molar-refractivity contribution in [2.45, 2.75) is 25.1 Å². The summed E-state index contributed by atoms with van der Waals surface area (Å²) in [5.41, 5.74) is 6.26. The summed E-state index contributed by atoms with van der Waals surface area (Å²) in [6.45, 7) is 1.87. The van der Waals surface area contributed by atoms with Crippen LogP contribution in [-0.2, 0) is 15.6 Å². The van der Waals surface area contributed by atoms with Gasteiger partial charge >= 0.3 is 0 Å². The predicted molar refractivity (Wildman–Crippen MR) is 74.9 cm³/mol. The summed E-state index contributed by atoms with van der Waals surface area (Å²) in [5, 5.41) is 0.452. The van der Waals surface area contributed by atoms with Crippen LogP contribution in [-0.4, -0.2) is 20.2 Å². The number of hydrogen-bond acceptors (Lipinski definition) is 3. The summed E-state index contributed by atoms with van der Waals surface area (Å²) in [6, 6.07) is 4.86. The van der Waals surface area contributed by atoms with Gasteiger partial charge in [-0.25, -0.2) is 8.42 Å².